The Bertz CT molecular complexity index is 2220. The number of hydrogen-bond donors (Lipinski definition) is 2. The second kappa shape index (κ2) is 16.4. The molecule has 3 heterocycles. The van der Waals surface area contributed by atoms with Crippen molar-refractivity contribution in [3.8, 4) is 5.75 Å². The predicted octanol–water partition coefficient (Wildman–Crippen LogP) is 8.31. The molecule has 264 valence electrons. The highest BCUT2D eigenvalue weighted by Crippen LogP contribution is 2.32. The number of carbonyl (C=O) groups is 2. The number of halogens is 2. The van der Waals surface area contributed by atoms with Crippen molar-refractivity contribution < 1.29 is 19.4 Å². The number of benzene rings is 3. The van der Waals surface area contributed by atoms with Gasteiger partial charge in [-0.3, -0.25) is 14.4 Å². The number of H-pyrrole nitrogens is 1. The van der Waals surface area contributed by atoms with E-state index >= 15 is 0 Å². The van der Waals surface area contributed by atoms with Crippen molar-refractivity contribution in [3.63, 3.8) is 0 Å². The predicted molar refractivity (Wildman–Crippen MR) is 204 cm³/mol. The number of aromatic amines is 1. The number of fused-ring (bicyclic) bond motifs is 1. The van der Waals surface area contributed by atoms with Gasteiger partial charge in [0.1, 0.15) is 5.75 Å². The number of carboxylic acid groups (broad SMARTS) is 1. The summed E-state index contributed by atoms with van der Waals surface area (Å²) in [6, 6.07) is 26.4. The van der Waals surface area contributed by atoms with E-state index in [4.69, 9.17) is 21.4 Å². The molecule has 11 heteroatoms. The lowest BCUT2D eigenvalue weighted by Gasteiger charge is -2.11. The smallest absolute Gasteiger partial charge is 0.303 e. The van der Waals surface area contributed by atoms with Gasteiger partial charge >= 0.3 is 5.97 Å². The zero-order chi connectivity index (χ0) is 36.8. The molecular formula is C40H40BrClN4O5. The van der Waals surface area contributed by atoms with Crippen molar-refractivity contribution >= 4 is 50.2 Å². The van der Waals surface area contributed by atoms with Gasteiger partial charge in [-0.05, 0) is 110 Å². The first-order chi connectivity index (χ1) is 24.3. The highest BCUT2D eigenvalue weighted by molar-refractivity contribution is 9.10. The van der Waals surface area contributed by atoms with E-state index in [9.17, 15) is 14.4 Å². The maximum absolute atomic E-state index is 12.8. The van der Waals surface area contributed by atoms with E-state index in [0.29, 0.717) is 22.7 Å². The number of hydrogen-bond acceptors (Lipinski definition) is 5. The monoisotopic (exact) mass is 770 g/mol. The summed E-state index contributed by atoms with van der Waals surface area (Å²) in [6.07, 6.45) is 1.43. The van der Waals surface area contributed by atoms with Gasteiger partial charge in [0.25, 0.3) is 5.56 Å². The lowest BCUT2D eigenvalue weighted by molar-refractivity contribution is -0.137. The van der Waals surface area contributed by atoms with Crippen LogP contribution in [0.15, 0.2) is 94.2 Å². The molecule has 0 aliphatic rings. The second-order valence-electron chi connectivity index (χ2n) is 12.7. The van der Waals surface area contributed by atoms with E-state index in [1.54, 1.807) is 37.4 Å². The Morgan fingerprint density at radius 3 is 2.33 bits per heavy atom. The number of methoxy groups -OCH3 is 1. The van der Waals surface area contributed by atoms with Gasteiger partial charge in [0.05, 0.1) is 18.5 Å². The van der Waals surface area contributed by atoms with Crippen LogP contribution in [0.25, 0.3) is 10.9 Å². The molecule has 3 aromatic heterocycles. The summed E-state index contributed by atoms with van der Waals surface area (Å²) in [6.45, 7) is 6.79. The van der Waals surface area contributed by atoms with E-state index in [1.165, 1.54) is 22.9 Å². The van der Waals surface area contributed by atoms with Crippen LogP contribution in [-0.4, -0.2) is 43.3 Å². The number of nitrogens with zero attached hydrogens (tertiary/aromatic N) is 3. The molecule has 0 aliphatic heterocycles. The van der Waals surface area contributed by atoms with Crippen molar-refractivity contribution in [2.45, 2.75) is 46.6 Å². The van der Waals surface area contributed by atoms with Crippen molar-refractivity contribution in [1.29, 1.82) is 0 Å². The molecule has 0 saturated carbocycles. The number of aliphatic carboxylic acids is 1. The van der Waals surface area contributed by atoms with Crippen LogP contribution in [0.3, 0.4) is 0 Å². The van der Waals surface area contributed by atoms with Gasteiger partial charge in [-0.25, -0.2) is 5.10 Å². The lowest BCUT2D eigenvalue weighted by atomic mass is 9.96. The molecule has 0 aliphatic carbocycles. The third kappa shape index (κ3) is 9.06. The Kier molecular flexibility index (Phi) is 12.0. The average Bonchev–Trinajstić information content (AvgIpc) is 3.52. The number of rotatable bonds is 11. The topological polar surface area (TPSA) is 119 Å². The molecule has 0 radical (unpaired) electrons. The molecule has 0 bridgehead atoms. The van der Waals surface area contributed by atoms with E-state index in [2.05, 4.69) is 74.0 Å². The largest absolute Gasteiger partial charge is 0.497 e. The second-order valence-corrected chi connectivity index (χ2v) is 14.1. The maximum atomic E-state index is 12.8. The molecule has 6 aromatic rings. The summed E-state index contributed by atoms with van der Waals surface area (Å²) in [5.74, 6) is 0.0817. The summed E-state index contributed by atoms with van der Waals surface area (Å²) in [4.78, 5) is 35.0. The van der Waals surface area contributed by atoms with Crippen LogP contribution in [0.1, 0.15) is 63.2 Å². The lowest BCUT2D eigenvalue weighted by Crippen LogP contribution is -2.12. The van der Waals surface area contributed by atoms with Gasteiger partial charge in [0.15, 0.2) is 0 Å². The summed E-state index contributed by atoms with van der Waals surface area (Å²) in [5.41, 5.74) is 8.33. The van der Waals surface area contributed by atoms with Crippen molar-refractivity contribution in [1.82, 2.24) is 19.3 Å². The molecule has 1 atom stereocenters. The third-order valence-corrected chi connectivity index (χ3v) is 9.71. The minimum absolute atomic E-state index is 0.0488. The summed E-state index contributed by atoms with van der Waals surface area (Å²) < 4.78 is 10.7. The van der Waals surface area contributed by atoms with Gasteiger partial charge < -0.3 is 19.0 Å². The van der Waals surface area contributed by atoms with E-state index in [-0.39, 0.29) is 23.7 Å². The average molecular weight is 772 g/mol. The number of nitrogens with one attached hydrogen (secondary N) is 1. The van der Waals surface area contributed by atoms with Crippen LogP contribution >= 0.6 is 27.5 Å². The molecule has 0 unspecified atom stereocenters. The first kappa shape index (κ1) is 37.3. The fourth-order valence-electron chi connectivity index (χ4n) is 6.33. The molecule has 0 fully saturated rings. The van der Waals surface area contributed by atoms with Gasteiger partial charge in [0.2, 0.25) is 5.78 Å². The van der Waals surface area contributed by atoms with E-state index in [1.807, 2.05) is 37.6 Å². The van der Waals surface area contributed by atoms with Gasteiger partial charge in [-0.1, -0.05) is 46.6 Å². The number of ether oxygens (including phenoxy) is 1. The van der Waals surface area contributed by atoms with Crippen LogP contribution in [0.5, 0.6) is 5.75 Å². The molecule has 0 spiro atoms. The van der Waals surface area contributed by atoms with Crippen LogP contribution in [0.4, 0.5) is 0 Å². The maximum Gasteiger partial charge on any atom is 0.303 e. The number of carboxylic acids is 1. The van der Waals surface area contributed by atoms with Crippen molar-refractivity contribution in [2.75, 3.05) is 7.11 Å². The Morgan fingerprint density at radius 1 is 1.00 bits per heavy atom. The van der Waals surface area contributed by atoms with Gasteiger partial charge in [0, 0.05) is 69.9 Å². The first-order valence-corrected chi connectivity index (χ1v) is 17.6. The van der Waals surface area contributed by atoms with Crippen LogP contribution in [-0.2, 0) is 31.2 Å². The SMILES string of the molecule is COc1ccc2c(c1)c(C[C@@H](C)CC(=O)O)c(C)n2Cc1ccc(Br)cc1.Cc1cc(Cc2ccc(=O)[nH]n2)n(C)c1C(=O)c1ccc(Cl)cc1. The van der Waals surface area contributed by atoms with Crippen molar-refractivity contribution in [3.05, 3.63) is 150 Å². The third-order valence-electron chi connectivity index (χ3n) is 8.93. The number of aryl methyl sites for hydroxylation is 1. The van der Waals surface area contributed by atoms with Crippen LogP contribution in [0, 0.1) is 19.8 Å². The summed E-state index contributed by atoms with van der Waals surface area (Å²) in [7, 11) is 3.52. The fourth-order valence-corrected chi connectivity index (χ4v) is 6.72. The van der Waals surface area contributed by atoms with Gasteiger partial charge in [-0.15, -0.1) is 0 Å². The molecule has 2 N–H and O–H groups in total. The van der Waals surface area contributed by atoms with Crippen LogP contribution < -0.4 is 10.3 Å². The summed E-state index contributed by atoms with van der Waals surface area (Å²) in [5, 5.41) is 17.3. The molecular weight excluding hydrogens is 732 g/mol. The van der Waals surface area contributed by atoms with Gasteiger partial charge in [-0.2, -0.15) is 5.10 Å². The quantitative estimate of drug-likeness (QED) is 0.128. The highest BCUT2D eigenvalue weighted by atomic mass is 79.9. The minimum Gasteiger partial charge on any atom is -0.497 e. The highest BCUT2D eigenvalue weighted by Gasteiger charge is 2.20. The van der Waals surface area contributed by atoms with E-state index in [0.717, 1.165) is 51.0 Å². The molecule has 0 saturated heterocycles. The normalized spacial score (nSPS) is 11.6. The molecule has 3 aromatic carbocycles. The molecule has 6 rings (SSSR count). The van der Waals surface area contributed by atoms with E-state index < -0.39 is 5.97 Å². The zero-order valence-corrected chi connectivity index (χ0v) is 31.5. The van der Waals surface area contributed by atoms with Crippen molar-refractivity contribution in [2.24, 2.45) is 13.0 Å². The van der Waals surface area contributed by atoms with Crippen LogP contribution in [0.2, 0.25) is 5.02 Å². The Morgan fingerprint density at radius 2 is 1.71 bits per heavy atom. The minimum atomic E-state index is -0.753. The number of aromatic nitrogens is 4. The first-order valence-electron chi connectivity index (χ1n) is 16.5. The summed E-state index contributed by atoms with van der Waals surface area (Å²) >= 11 is 9.36. The Labute approximate surface area is 310 Å². The molecule has 9 nitrogen and oxygen atoms in total. The standard InChI is InChI=1S/C22H24BrNO3.C18H16ClN3O2/c1-14(11-22(25)26)10-19-15(2)24(13-16-4-6-17(23)7-5-16)21-9-8-18(27-3)12-20(19)21;1-11-9-15(10-14-7-8-16(23)21-20-14)22(2)17(11)18(24)12-3-5-13(19)6-4-12/h4-9,12,14H,10-11,13H2,1-3H3,(H,25,26);3-9H,10H2,1-2H3,(H,21,23)/t14-;/m1./s1. The molecule has 0 amide bonds. The Hall–Kier alpha value is -4.93. The zero-order valence-electron chi connectivity index (χ0n) is 29.2. The Balaban J connectivity index is 0.000000199. The number of ketones is 1. The number of carbonyl (C=O) groups excluding carboxylic acids is 1. The molecule has 51 heavy (non-hydrogen) atoms. The fraction of sp³-hybridized carbons (Fsp3) is 0.250.